The second-order valence-electron chi connectivity index (χ2n) is 4.53. The number of ether oxygens (including phenoxy) is 2. The molecule has 0 saturated heterocycles. The Balaban J connectivity index is 1.87. The highest BCUT2D eigenvalue weighted by atomic mass is 16.5. The molecule has 0 spiro atoms. The van der Waals surface area contributed by atoms with E-state index in [1.165, 1.54) is 12.8 Å². The van der Waals surface area contributed by atoms with Crippen molar-refractivity contribution in [3.05, 3.63) is 29.8 Å². The van der Waals surface area contributed by atoms with Gasteiger partial charge in [0.2, 0.25) is 0 Å². The van der Waals surface area contributed by atoms with Crippen LogP contribution in [0.25, 0.3) is 6.08 Å². The van der Waals surface area contributed by atoms with Gasteiger partial charge in [-0.05, 0) is 37.9 Å². The summed E-state index contributed by atoms with van der Waals surface area (Å²) in [5.74, 6) is 1.67. The molecule has 0 unspecified atom stereocenters. The molecule has 1 fully saturated rings. The Kier molecular flexibility index (Phi) is 4.65. The van der Waals surface area contributed by atoms with Gasteiger partial charge >= 0.3 is 0 Å². The lowest BCUT2D eigenvalue weighted by molar-refractivity contribution is 0.393. The van der Waals surface area contributed by atoms with Gasteiger partial charge in [0, 0.05) is 17.7 Å². The van der Waals surface area contributed by atoms with E-state index in [0.717, 1.165) is 36.1 Å². The molecule has 0 aromatic heterocycles. The summed E-state index contributed by atoms with van der Waals surface area (Å²) in [6.07, 6.45) is 8.02. The number of hydrogen-bond acceptors (Lipinski definition) is 3. The third kappa shape index (κ3) is 3.77. The standard InChI is InChI=1S/C15H21NO2/c1-17-14-9-6-12(15(11-14)18-2)5-3-4-10-16-13-7-8-13/h3,5-6,9,11,13,16H,4,7-8,10H2,1-2H3. The molecular weight excluding hydrogens is 226 g/mol. The van der Waals surface area contributed by atoms with Gasteiger partial charge in [0.15, 0.2) is 0 Å². The van der Waals surface area contributed by atoms with Gasteiger partial charge in [0.1, 0.15) is 11.5 Å². The molecule has 0 aliphatic heterocycles. The predicted octanol–water partition coefficient (Wildman–Crippen LogP) is 2.86. The molecule has 1 aliphatic rings. The van der Waals surface area contributed by atoms with E-state index in [1.807, 2.05) is 18.2 Å². The summed E-state index contributed by atoms with van der Waals surface area (Å²) in [4.78, 5) is 0. The monoisotopic (exact) mass is 247 g/mol. The zero-order valence-electron chi connectivity index (χ0n) is 11.1. The van der Waals surface area contributed by atoms with Crippen LogP contribution in [0.3, 0.4) is 0 Å². The first-order chi connectivity index (χ1) is 8.83. The van der Waals surface area contributed by atoms with E-state index in [1.54, 1.807) is 14.2 Å². The van der Waals surface area contributed by atoms with Crippen LogP contribution in [0.2, 0.25) is 0 Å². The fourth-order valence-electron chi connectivity index (χ4n) is 1.82. The predicted molar refractivity (Wildman–Crippen MR) is 74.2 cm³/mol. The van der Waals surface area contributed by atoms with Crippen molar-refractivity contribution in [1.29, 1.82) is 0 Å². The molecule has 0 amide bonds. The van der Waals surface area contributed by atoms with E-state index in [4.69, 9.17) is 9.47 Å². The molecule has 1 N–H and O–H groups in total. The molecule has 1 aromatic carbocycles. The van der Waals surface area contributed by atoms with E-state index >= 15 is 0 Å². The summed E-state index contributed by atoms with van der Waals surface area (Å²) < 4.78 is 10.5. The van der Waals surface area contributed by atoms with Crippen LogP contribution in [0.4, 0.5) is 0 Å². The average Bonchev–Trinajstić information content (AvgIpc) is 3.22. The van der Waals surface area contributed by atoms with Crippen LogP contribution >= 0.6 is 0 Å². The molecule has 3 nitrogen and oxygen atoms in total. The van der Waals surface area contributed by atoms with Crippen molar-refractivity contribution in [2.24, 2.45) is 0 Å². The van der Waals surface area contributed by atoms with Crippen molar-refractivity contribution in [2.75, 3.05) is 20.8 Å². The Morgan fingerprint density at radius 2 is 2.11 bits per heavy atom. The highest BCUT2D eigenvalue weighted by Gasteiger charge is 2.19. The van der Waals surface area contributed by atoms with Crippen LogP contribution in [0, 0.1) is 0 Å². The van der Waals surface area contributed by atoms with Gasteiger partial charge in [-0.25, -0.2) is 0 Å². The van der Waals surface area contributed by atoms with Crippen molar-refractivity contribution in [1.82, 2.24) is 5.32 Å². The molecule has 3 heteroatoms. The van der Waals surface area contributed by atoms with Crippen molar-refractivity contribution in [3.8, 4) is 11.5 Å². The topological polar surface area (TPSA) is 30.5 Å². The van der Waals surface area contributed by atoms with Gasteiger partial charge in [0.25, 0.3) is 0 Å². The number of hydrogen-bond donors (Lipinski definition) is 1. The highest BCUT2D eigenvalue weighted by Crippen LogP contribution is 2.25. The van der Waals surface area contributed by atoms with E-state index in [0.29, 0.717) is 0 Å². The van der Waals surface area contributed by atoms with Crippen LogP contribution in [0.5, 0.6) is 11.5 Å². The quantitative estimate of drug-likeness (QED) is 0.752. The average molecular weight is 247 g/mol. The summed E-state index contributed by atoms with van der Waals surface area (Å²) >= 11 is 0. The zero-order chi connectivity index (χ0) is 12.8. The molecule has 0 radical (unpaired) electrons. The summed E-state index contributed by atoms with van der Waals surface area (Å²) in [5.41, 5.74) is 1.09. The normalized spacial score (nSPS) is 15.0. The van der Waals surface area contributed by atoms with Crippen LogP contribution in [0.1, 0.15) is 24.8 Å². The first-order valence-electron chi connectivity index (χ1n) is 6.45. The van der Waals surface area contributed by atoms with Gasteiger partial charge in [0.05, 0.1) is 14.2 Å². The molecule has 0 bridgehead atoms. The van der Waals surface area contributed by atoms with Gasteiger partial charge in [-0.15, -0.1) is 0 Å². The lowest BCUT2D eigenvalue weighted by Gasteiger charge is -2.07. The number of rotatable bonds is 7. The Labute approximate surface area is 109 Å². The van der Waals surface area contributed by atoms with Crippen molar-refractivity contribution < 1.29 is 9.47 Å². The summed E-state index contributed by atoms with van der Waals surface area (Å²) in [7, 11) is 3.34. The maximum absolute atomic E-state index is 5.35. The molecule has 98 valence electrons. The van der Waals surface area contributed by atoms with E-state index in [9.17, 15) is 0 Å². The Bertz CT molecular complexity index is 411. The van der Waals surface area contributed by atoms with E-state index in [2.05, 4.69) is 17.5 Å². The van der Waals surface area contributed by atoms with Crippen LogP contribution < -0.4 is 14.8 Å². The van der Waals surface area contributed by atoms with Gasteiger partial charge in [-0.3, -0.25) is 0 Å². The molecule has 1 saturated carbocycles. The fourth-order valence-corrected chi connectivity index (χ4v) is 1.82. The number of methoxy groups -OCH3 is 2. The van der Waals surface area contributed by atoms with Crippen LogP contribution in [0.15, 0.2) is 24.3 Å². The minimum absolute atomic E-state index is 0.786. The van der Waals surface area contributed by atoms with Crippen molar-refractivity contribution in [2.45, 2.75) is 25.3 Å². The largest absolute Gasteiger partial charge is 0.497 e. The highest BCUT2D eigenvalue weighted by molar-refractivity contribution is 5.59. The maximum Gasteiger partial charge on any atom is 0.129 e. The molecule has 0 atom stereocenters. The molecule has 1 aromatic rings. The minimum Gasteiger partial charge on any atom is -0.497 e. The summed E-state index contributed by atoms with van der Waals surface area (Å²) in [6.45, 7) is 1.06. The third-order valence-corrected chi connectivity index (χ3v) is 3.06. The number of benzene rings is 1. The molecule has 1 aliphatic carbocycles. The Hall–Kier alpha value is -1.48. The SMILES string of the molecule is COc1ccc(C=CCCNC2CC2)c(OC)c1. The molecule has 0 heterocycles. The maximum atomic E-state index is 5.35. The zero-order valence-corrected chi connectivity index (χ0v) is 11.1. The Morgan fingerprint density at radius 1 is 1.28 bits per heavy atom. The molecular formula is C15H21NO2. The second-order valence-corrected chi connectivity index (χ2v) is 4.53. The van der Waals surface area contributed by atoms with Gasteiger partial charge in [-0.2, -0.15) is 0 Å². The second kappa shape index (κ2) is 6.45. The molecule has 18 heavy (non-hydrogen) atoms. The van der Waals surface area contributed by atoms with E-state index in [-0.39, 0.29) is 0 Å². The smallest absolute Gasteiger partial charge is 0.129 e. The first-order valence-corrected chi connectivity index (χ1v) is 6.45. The lowest BCUT2D eigenvalue weighted by Crippen LogP contribution is -2.16. The van der Waals surface area contributed by atoms with E-state index < -0.39 is 0 Å². The van der Waals surface area contributed by atoms with Gasteiger partial charge < -0.3 is 14.8 Å². The van der Waals surface area contributed by atoms with Crippen molar-refractivity contribution >= 4 is 6.08 Å². The van der Waals surface area contributed by atoms with Crippen molar-refractivity contribution in [3.63, 3.8) is 0 Å². The van der Waals surface area contributed by atoms with Crippen LogP contribution in [-0.2, 0) is 0 Å². The first kappa shape index (κ1) is 13.0. The van der Waals surface area contributed by atoms with Gasteiger partial charge in [-0.1, -0.05) is 12.2 Å². The minimum atomic E-state index is 0.786. The number of nitrogens with one attached hydrogen (secondary N) is 1. The lowest BCUT2D eigenvalue weighted by atomic mass is 10.1. The molecule has 2 rings (SSSR count). The summed E-state index contributed by atoms with van der Waals surface area (Å²) in [5, 5.41) is 3.49. The van der Waals surface area contributed by atoms with Crippen LogP contribution in [-0.4, -0.2) is 26.8 Å². The third-order valence-electron chi connectivity index (χ3n) is 3.06. The Morgan fingerprint density at radius 3 is 2.78 bits per heavy atom. The fraction of sp³-hybridized carbons (Fsp3) is 0.467. The summed E-state index contributed by atoms with van der Waals surface area (Å²) in [6, 6.07) is 6.66.